The van der Waals surface area contributed by atoms with Crippen LogP contribution < -0.4 is 16.2 Å². The van der Waals surface area contributed by atoms with Crippen molar-refractivity contribution in [3.63, 3.8) is 0 Å². The standard InChI is InChI=1S/C42H60N2O3/c1-26(2)7-6-8-27(3)34-14-15-35-32-13-11-30-24-29(19-21-41(30,4)36(32)20-22-42(34,35)5)33-23-28(10-18-40(45)46)9-16-38(33)47-39-17-12-31(43)25-37(39)44/h9-10,12,16-18,23,25-27,29-30,32,34-36H,6-8,11,13-15,19-22,24,43-44H2,1-5H3,(H,45,46)/t27-,29?,30?,32?,34-,35?,36?,41+,42-/m1/s1. The van der Waals surface area contributed by atoms with Crippen LogP contribution in [0.1, 0.15) is 129 Å². The number of nitrogens with two attached hydrogens (primary N) is 2. The summed E-state index contributed by atoms with van der Waals surface area (Å²) in [5, 5.41) is 9.28. The van der Waals surface area contributed by atoms with Crippen molar-refractivity contribution in [3.8, 4) is 11.5 Å². The van der Waals surface area contributed by atoms with E-state index < -0.39 is 5.97 Å². The summed E-state index contributed by atoms with van der Waals surface area (Å²) >= 11 is 0. The van der Waals surface area contributed by atoms with Gasteiger partial charge in [0.2, 0.25) is 0 Å². The third kappa shape index (κ3) is 6.70. The van der Waals surface area contributed by atoms with Gasteiger partial charge < -0.3 is 21.3 Å². The second-order valence-corrected chi connectivity index (χ2v) is 17.0. The number of anilines is 2. The Kier molecular flexibility index (Phi) is 9.76. The van der Waals surface area contributed by atoms with Crippen molar-refractivity contribution in [3.05, 3.63) is 53.6 Å². The number of carbonyl (C=O) groups is 1. The molecule has 0 aliphatic heterocycles. The molecule has 0 heterocycles. The van der Waals surface area contributed by atoms with E-state index in [2.05, 4.69) is 40.7 Å². The summed E-state index contributed by atoms with van der Waals surface area (Å²) < 4.78 is 6.48. The van der Waals surface area contributed by atoms with Crippen molar-refractivity contribution >= 4 is 23.4 Å². The van der Waals surface area contributed by atoms with Gasteiger partial charge in [-0.3, -0.25) is 0 Å². The number of carboxylic acid groups (broad SMARTS) is 1. The number of hydrogen-bond acceptors (Lipinski definition) is 4. The molecule has 0 saturated heterocycles. The van der Waals surface area contributed by atoms with Gasteiger partial charge in [0.25, 0.3) is 0 Å². The number of hydrogen-bond donors (Lipinski definition) is 3. The number of rotatable bonds is 10. The molecule has 4 aliphatic rings. The normalized spacial score (nSPS) is 34.1. The lowest BCUT2D eigenvalue weighted by Crippen LogP contribution is -2.53. The van der Waals surface area contributed by atoms with Gasteiger partial charge in [-0.15, -0.1) is 0 Å². The van der Waals surface area contributed by atoms with E-state index in [1.165, 1.54) is 75.8 Å². The van der Waals surface area contributed by atoms with Crippen LogP contribution in [0.5, 0.6) is 11.5 Å². The second-order valence-electron chi connectivity index (χ2n) is 17.0. The zero-order valence-corrected chi connectivity index (χ0v) is 29.6. The van der Waals surface area contributed by atoms with Crippen LogP contribution in [0.3, 0.4) is 0 Å². The molecular weight excluding hydrogens is 580 g/mol. The largest absolute Gasteiger partial charge is 0.478 e. The lowest BCUT2D eigenvalue weighted by molar-refractivity contribution is -0.131. The average molecular weight is 641 g/mol. The van der Waals surface area contributed by atoms with E-state index in [1.807, 2.05) is 24.3 Å². The highest BCUT2D eigenvalue weighted by molar-refractivity contribution is 5.85. The third-order valence-electron chi connectivity index (χ3n) is 14.0. The highest BCUT2D eigenvalue weighted by atomic mass is 16.5. The van der Waals surface area contributed by atoms with Crippen LogP contribution in [0.25, 0.3) is 6.08 Å². The molecule has 0 radical (unpaired) electrons. The highest BCUT2D eigenvalue weighted by Crippen LogP contribution is 2.69. The first-order valence-electron chi connectivity index (χ1n) is 18.8. The van der Waals surface area contributed by atoms with Gasteiger partial charge in [-0.1, -0.05) is 59.9 Å². The molecule has 0 amide bonds. The third-order valence-corrected chi connectivity index (χ3v) is 14.0. The van der Waals surface area contributed by atoms with Crippen LogP contribution in [0.2, 0.25) is 0 Å². The molecule has 6 rings (SSSR count). The average Bonchev–Trinajstić information content (AvgIpc) is 3.38. The first-order valence-corrected chi connectivity index (χ1v) is 18.8. The molecule has 2 aromatic rings. The van der Waals surface area contributed by atoms with E-state index in [0.29, 0.717) is 39.8 Å². The Morgan fingerprint density at radius 1 is 0.915 bits per heavy atom. The molecule has 9 atom stereocenters. The minimum absolute atomic E-state index is 0.365. The second kappa shape index (κ2) is 13.5. The summed E-state index contributed by atoms with van der Waals surface area (Å²) in [7, 11) is 0. The molecule has 5 nitrogen and oxygen atoms in total. The van der Waals surface area contributed by atoms with Gasteiger partial charge in [0.05, 0.1) is 5.69 Å². The van der Waals surface area contributed by atoms with Crippen molar-refractivity contribution in [2.75, 3.05) is 11.5 Å². The molecule has 5 heteroatoms. The van der Waals surface area contributed by atoms with E-state index in [-0.39, 0.29) is 0 Å². The maximum Gasteiger partial charge on any atom is 0.328 e. The number of nitrogen functional groups attached to an aromatic ring is 2. The van der Waals surface area contributed by atoms with Crippen molar-refractivity contribution in [2.24, 2.45) is 52.3 Å². The van der Waals surface area contributed by atoms with Crippen LogP contribution in [-0.4, -0.2) is 11.1 Å². The fraction of sp³-hybridized carbons (Fsp3) is 0.643. The monoisotopic (exact) mass is 640 g/mol. The van der Waals surface area contributed by atoms with Crippen molar-refractivity contribution in [1.82, 2.24) is 0 Å². The van der Waals surface area contributed by atoms with E-state index in [1.54, 1.807) is 12.1 Å². The zero-order valence-electron chi connectivity index (χ0n) is 29.6. The molecule has 4 fully saturated rings. The van der Waals surface area contributed by atoms with Crippen LogP contribution in [-0.2, 0) is 4.79 Å². The molecule has 256 valence electrons. The Morgan fingerprint density at radius 3 is 2.40 bits per heavy atom. The van der Waals surface area contributed by atoms with E-state index in [4.69, 9.17) is 16.2 Å². The molecule has 0 aromatic heterocycles. The number of carboxylic acids is 1. The summed E-state index contributed by atoms with van der Waals surface area (Å²) in [6.07, 6.45) is 19.1. The van der Waals surface area contributed by atoms with Crippen LogP contribution in [0.4, 0.5) is 11.4 Å². The number of benzene rings is 2. The lowest BCUT2D eigenvalue weighted by Gasteiger charge is -2.61. The Morgan fingerprint density at radius 2 is 1.66 bits per heavy atom. The molecule has 0 spiro atoms. The summed E-state index contributed by atoms with van der Waals surface area (Å²) in [5.74, 6) is 6.73. The maximum atomic E-state index is 11.3. The SMILES string of the molecule is CC(C)CCC[C@@H](C)[C@H]1CCC2C3CCC4CC(c5cc(C=CC(=O)O)ccc5Oc5ccc(N)cc5N)CC[C@]4(C)C3CC[C@@]21C. The van der Waals surface area contributed by atoms with Crippen molar-refractivity contribution in [2.45, 2.75) is 118 Å². The quantitative estimate of drug-likeness (QED) is 0.177. The molecule has 4 aliphatic carbocycles. The molecule has 5 N–H and O–H groups in total. The Hall–Kier alpha value is -2.95. The summed E-state index contributed by atoms with van der Waals surface area (Å²) in [6, 6.07) is 11.5. The predicted molar refractivity (Wildman–Crippen MR) is 194 cm³/mol. The summed E-state index contributed by atoms with van der Waals surface area (Å²) in [6.45, 7) is 12.7. The van der Waals surface area contributed by atoms with Crippen LogP contribution >= 0.6 is 0 Å². The lowest BCUT2D eigenvalue weighted by atomic mass is 9.43. The Bertz CT molecular complexity index is 1470. The van der Waals surface area contributed by atoms with Crippen LogP contribution in [0.15, 0.2) is 42.5 Å². The molecule has 5 unspecified atom stereocenters. The predicted octanol–water partition coefficient (Wildman–Crippen LogP) is 10.9. The molecule has 2 aromatic carbocycles. The van der Waals surface area contributed by atoms with Gasteiger partial charge in [-0.25, -0.2) is 4.79 Å². The maximum absolute atomic E-state index is 11.3. The first-order chi connectivity index (χ1) is 22.4. The number of aliphatic carboxylic acids is 1. The summed E-state index contributed by atoms with van der Waals surface area (Å²) in [5.41, 5.74) is 16.4. The van der Waals surface area contributed by atoms with E-state index in [0.717, 1.165) is 59.7 Å². The summed E-state index contributed by atoms with van der Waals surface area (Å²) in [4.78, 5) is 11.3. The number of fused-ring (bicyclic) bond motifs is 5. The first kappa shape index (κ1) is 33.9. The Labute approximate surface area is 283 Å². The van der Waals surface area contributed by atoms with Gasteiger partial charge in [0, 0.05) is 11.8 Å². The number of ether oxygens (including phenoxy) is 1. The molecular formula is C42H60N2O3. The smallest absolute Gasteiger partial charge is 0.328 e. The van der Waals surface area contributed by atoms with Crippen molar-refractivity contribution in [1.29, 1.82) is 0 Å². The Balaban J connectivity index is 1.20. The zero-order chi connectivity index (χ0) is 33.5. The molecule has 47 heavy (non-hydrogen) atoms. The topological polar surface area (TPSA) is 98.6 Å². The minimum Gasteiger partial charge on any atom is -0.478 e. The van der Waals surface area contributed by atoms with E-state index >= 15 is 0 Å². The molecule has 4 saturated carbocycles. The fourth-order valence-electron chi connectivity index (χ4n) is 11.6. The van der Waals surface area contributed by atoms with Gasteiger partial charge in [0.1, 0.15) is 11.5 Å². The van der Waals surface area contributed by atoms with Gasteiger partial charge in [-0.05, 0) is 163 Å². The highest BCUT2D eigenvalue weighted by Gasteiger charge is 2.60. The minimum atomic E-state index is -0.940. The fourth-order valence-corrected chi connectivity index (χ4v) is 11.6. The van der Waals surface area contributed by atoms with Crippen molar-refractivity contribution < 1.29 is 14.6 Å². The van der Waals surface area contributed by atoms with E-state index in [9.17, 15) is 9.90 Å². The van der Waals surface area contributed by atoms with Crippen LogP contribution in [0, 0.1) is 52.3 Å². The van der Waals surface area contributed by atoms with Gasteiger partial charge >= 0.3 is 5.97 Å². The molecule has 0 bridgehead atoms. The van der Waals surface area contributed by atoms with Gasteiger partial charge in [0.15, 0.2) is 0 Å². The van der Waals surface area contributed by atoms with Gasteiger partial charge in [-0.2, -0.15) is 0 Å².